The number of carboxylic acids is 1. The van der Waals surface area contributed by atoms with Gasteiger partial charge >= 0.3 is 5.97 Å². The third-order valence-corrected chi connectivity index (χ3v) is 4.58. The minimum atomic E-state index is -0.856. The molecule has 2 rings (SSSR count). The Kier molecular flexibility index (Phi) is 5.14. The summed E-state index contributed by atoms with van der Waals surface area (Å²) in [7, 11) is 0. The van der Waals surface area contributed by atoms with Crippen molar-refractivity contribution >= 4 is 23.2 Å². The van der Waals surface area contributed by atoms with Gasteiger partial charge in [-0.2, -0.15) is 0 Å². The molecule has 0 aliphatic carbocycles. The molecule has 0 radical (unpaired) electrons. The summed E-state index contributed by atoms with van der Waals surface area (Å²) in [5.74, 6) is -1.56. The molecule has 5 nitrogen and oxygen atoms in total. The van der Waals surface area contributed by atoms with Crippen molar-refractivity contribution in [1.29, 1.82) is 0 Å². The zero-order valence-corrected chi connectivity index (χ0v) is 12.3. The first kappa shape index (κ1) is 15.0. The van der Waals surface area contributed by atoms with Crippen molar-refractivity contribution in [2.45, 2.75) is 32.8 Å². The Hall–Kier alpha value is -1.40. The molecule has 1 unspecified atom stereocenters. The second-order valence-corrected chi connectivity index (χ2v) is 6.03. The monoisotopic (exact) mass is 297 g/mol. The summed E-state index contributed by atoms with van der Waals surface area (Å²) in [6, 6.07) is 1.85. The van der Waals surface area contributed by atoms with Crippen LogP contribution >= 0.6 is 11.3 Å². The smallest absolute Gasteiger partial charge is 0.308 e. The Labute approximate surface area is 121 Å². The van der Waals surface area contributed by atoms with E-state index < -0.39 is 11.9 Å². The van der Waals surface area contributed by atoms with Crippen LogP contribution in [0.4, 0.5) is 0 Å². The second-order valence-electron chi connectivity index (χ2n) is 4.90. The van der Waals surface area contributed by atoms with Crippen LogP contribution in [-0.2, 0) is 22.6 Å². The van der Waals surface area contributed by atoms with E-state index in [1.54, 1.807) is 0 Å². The first-order chi connectivity index (χ1) is 9.61. The number of hydrogen-bond acceptors (Lipinski definition) is 4. The van der Waals surface area contributed by atoms with Crippen LogP contribution < -0.4 is 5.32 Å². The van der Waals surface area contributed by atoms with Crippen LogP contribution in [-0.4, -0.2) is 30.1 Å². The van der Waals surface area contributed by atoms with E-state index in [0.717, 1.165) is 18.4 Å². The highest BCUT2D eigenvalue weighted by Gasteiger charge is 2.20. The van der Waals surface area contributed by atoms with Crippen LogP contribution in [0.15, 0.2) is 6.07 Å². The maximum atomic E-state index is 12.1. The minimum absolute atomic E-state index is 0.182. The van der Waals surface area contributed by atoms with Crippen LogP contribution in [0.25, 0.3) is 0 Å². The lowest BCUT2D eigenvalue weighted by molar-refractivity contribution is -0.141. The molecule has 2 heterocycles. The van der Waals surface area contributed by atoms with Gasteiger partial charge in [0.15, 0.2) is 0 Å². The van der Waals surface area contributed by atoms with Gasteiger partial charge in [0.05, 0.1) is 24.0 Å². The molecule has 0 spiro atoms. The molecule has 0 saturated heterocycles. The standard InChI is InChI=1S/C14H19NO4S/c1-2-3-9(14(17)18)7-15-13(16)12-6-10-8-19-5-4-11(10)20-12/h6,9H,2-5,7-8H2,1H3,(H,15,16)(H,17,18). The molecule has 0 aromatic carbocycles. The Morgan fingerprint density at radius 2 is 2.35 bits per heavy atom. The summed E-state index contributed by atoms with van der Waals surface area (Å²) in [5.41, 5.74) is 1.08. The highest BCUT2D eigenvalue weighted by atomic mass is 32.1. The highest BCUT2D eigenvalue weighted by molar-refractivity contribution is 7.14. The average molecular weight is 297 g/mol. The summed E-state index contributed by atoms with van der Waals surface area (Å²) in [6.07, 6.45) is 2.21. The average Bonchev–Trinajstić information content (AvgIpc) is 2.86. The molecule has 1 aromatic heterocycles. The van der Waals surface area contributed by atoms with E-state index in [4.69, 9.17) is 9.84 Å². The molecule has 0 fully saturated rings. The van der Waals surface area contributed by atoms with E-state index in [2.05, 4.69) is 5.32 Å². The van der Waals surface area contributed by atoms with Gasteiger partial charge in [-0.1, -0.05) is 13.3 Å². The number of ether oxygens (including phenoxy) is 1. The molecular weight excluding hydrogens is 278 g/mol. The van der Waals surface area contributed by atoms with Gasteiger partial charge in [0.2, 0.25) is 0 Å². The number of fused-ring (bicyclic) bond motifs is 1. The van der Waals surface area contributed by atoms with Gasteiger partial charge in [-0.05, 0) is 18.1 Å². The molecule has 20 heavy (non-hydrogen) atoms. The van der Waals surface area contributed by atoms with Crippen LogP contribution in [0, 0.1) is 5.92 Å². The van der Waals surface area contributed by atoms with Crippen LogP contribution in [0.5, 0.6) is 0 Å². The molecule has 1 aliphatic heterocycles. The lowest BCUT2D eigenvalue weighted by Gasteiger charge is -2.11. The second kappa shape index (κ2) is 6.85. The van der Waals surface area contributed by atoms with E-state index in [1.165, 1.54) is 16.2 Å². The van der Waals surface area contributed by atoms with Crippen molar-refractivity contribution in [2.75, 3.05) is 13.2 Å². The summed E-state index contributed by atoms with van der Waals surface area (Å²) in [6.45, 7) is 3.38. The van der Waals surface area contributed by atoms with Crippen molar-refractivity contribution in [1.82, 2.24) is 5.32 Å². The number of carboxylic acid groups (broad SMARTS) is 1. The third kappa shape index (κ3) is 3.58. The van der Waals surface area contributed by atoms with Gasteiger partial charge < -0.3 is 15.2 Å². The molecule has 0 bridgehead atoms. The van der Waals surface area contributed by atoms with Crippen molar-refractivity contribution in [3.63, 3.8) is 0 Å². The van der Waals surface area contributed by atoms with Crippen LogP contribution in [0.1, 0.15) is 39.9 Å². The van der Waals surface area contributed by atoms with Crippen molar-refractivity contribution in [2.24, 2.45) is 5.92 Å². The number of rotatable bonds is 6. The molecule has 0 saturated carbocycles. The topological polar surface area (TPSA) is 75.6 Å². The SMILES string of the molecule is CCCC(CNC(=O)c1cc2c(s1)CCOC2)C(=O)O. The molecule has 1 amide bonds. The lowest BCUT2D eigenvalue weighted by atomic mass is 10.0. The summed E-state index contributed by atoms with van der Waals surface area (Å²) in [4.78, 5) is 24.9. The summed E-state index contributed by atoms with van der Waals surface area (Å²) >= 11 is 1.48. The number of hydrogen-bond donors (Lipinski definition) is 2. The van der Waals surface area contributed by atoms with Gasteiger partial charge in [-0.25, -0.2) is 0 Å². The first-order valence-electron chi connectivity index (χ1n) is 6.82. The minimum Gasteiger partial charge on any atom is -0.481 e. The molecule has 1 aliphatic rings. The third-order valence-electron chi connectivity index (χ3n) is 3.35. The van der Waals surface area contributed by atoms with Crippen LogP contribution in [0.3, 0.4) is 0 Å². The fraction of sp³-hybridized carbons (Fsp3) is 0.571. The molecular formula is C14H19NO4S. The molecule has 6 heteroatoms. The van der Waals surface area contributed by atoms with Gasteiger partial charge in [-0.15, -0.1) is 11.3 Å². The maximum Gasteiger partial charge on any atom is 0.308 e. The molecule has 110 valence electrons. The Morgan fingerprint density at radius 1 is 1.55 bits per heavy atom. The molecule has 1 atom stereocenters. The maximum absolute atomic E-state index is 12.1. The van der Waals surface area contributed by atoms with E-state index in [9.17, 15) is 9.59 Å². The fourth-order valence-corrected chi connectivity index (χ4v) is 3.29. The van der Waals surface area contributed by atoms with E-state index in [0.29, 0.717) is 24.5 Å². The Balaban J connectivity index is 1.94. The van der Waals surface area contributed by atoms with Gasteiger partial charge in [0, 0.05) is 17.8 Å². The quantitative estimate of drug-likeness (QED) is 0.842. The lowest BCUT2D eigenvalue weighted by Crippen LogP contribution is -2.32. The number of nitrogens with one attached hydrogen (secondary N) is 1. The van der Waals surface area contributed by atoms with Crippen LogP contribution in [0.2, 0.25) is 0 Å². The molecule has 2 N–H and O–H groups in total. The van der Waals surface area contributed by atoms with Crippen molar-refractivity contribution < 1.29 is 19.4 Å². The van der Waals surface area contributed by atoms with E-state index in [-0.39, 0.29) is 12.5 Å². The predicted molar refractivity (Wildman–Crippen MR) is 76.0 cm³/mol. The summed E-state index contributed by atoms with van der Waals surface area (Å²) in [5, 5.41) is 11.8. The summed E-state index contributed by atoms with van der Waals surface area (Å²) < 4.78 is 5.35. The van der Waals surface area contributed by atoms with Crippen molar-refractivity contribution in [3.8, 4) is 0 Å². The first-order valence-corrected chi connectivity index (χ1v) is 7.63. The normalized spacial score (nSPS) is 15.4. The van der Waals surface area contributed by atoms with Gasteiger partial charge in [0.1, 0.15) is 0 Å². The predicted octanol–water partition coefficient (Wildman–Crippen LogP) is 2.05. The van der Waals surface area contributed by atoms with E-state index >= 15 is 0 Å². The highest BCUT2D eigenvalue weighted by Crippen LogP contribution is 2.26. The van der Waals surface area contributed by atoms with Gasteiger partial charge in [0.25, 0.3) is 5.91 Å². The number of amides is 1. The Bertz CT molecular complexity index is 474. The molecule has 1 aromatic rings. The number of thiophene rings is 1. The Morgan fingerprint density at radius 3 is 3.00 bits per heavy atom. The van der Waals surface area contributed by atoms with Crippen molar-refractivity contribution in [3.05, 3.63) is 21.4 Å². The zero-order chi connectivity index (χ0) is 14.5. The van der Waals surface area contributed by atoms with Gasteiger partial charge in [-0.3, -0.25) is 9.59 Å². The largest absolute Gasteiger partial charge is 0.481 e. The van der Waals surface area contributed by atoms with E-state index in [1.807, 2.05) is 13.0 Å². The number of carbonyl (C=O) groups excluding carboxylic acids is 1. The number of carbonyl (C=O) groups is 2. The zero-order valence-electron chi connectivity index (χ0n) is 11.5. The number of aliphatic carboxylic acids is 1. The fourth-order valence-electron chi connectivity index (χ4n) is 2.22.